The van der Waals surface area contributed by atoms with Crippen LogP contribution in [0.15, 0.2) is 72.1 Å². The van der Waals surface area contributed by atoms with Crippen LogP contribution in [-0.4, -0.2) is 34.3 Å². The number of hydrogen-bond donors (Lipinski definition) is 1. The van der Waals surface area contributed by atoms with E-state index in [4.69, 9.17) is 0 Å². The molecule has 0 saturated carbocycles. The van der Waals surface area contributed by atoms with Crippen molar-refractivity contribution in [1.29, 1.82) is 0 Å². The third-order valence-electron chi connectivity index (χ3n) is 4.95. The van der Waals surface area contributed by atoms with Crippen molar-refractivity contribution in [3.8, 4) is 0 Å². The summed E-state index contributed by atoms with van der Waals surface area (Å²) in [7, 11) is 0. The highest BCUT2D eigenvalue weighted by atomic mass is 32.1. The fourth-order valence-corrected chi connectivity index (χ4v) is 4.00. The van der Waals surface area contributed by atoms with Crippen LogP contribution in [0, 0.1) is 6.92 Å². The van der Waals surface area contributed by atoms with Crippen LogP contribution in [0.1, 0.15) is 29.9 Å². The Morgan fingerprint density at radius 2 is 1.74 bits per heavy atom. The lowest BCUT2D eigenvalue weighted by Gasteiger charge is -2.30. The summed E-state index contributed by atoms with van der Waals surface area (Å²) < 4.78 is 0. The predicted molar refractivity (Wildman–Crippen MR) is 127 cm³/mol. The molecule has 0 fully saturated rings. The molecule has 1 heterocycles. The molecule has 0 bridgehead atoms. The summed E-state index contributed by atoms with van der Waals surface area (Å²) in [6.07, 6.45) is 0. The van der Waals surface area contributed by atoms with Crippen molar-refractivity contribution in [3.63, 3.8) is 0 Å². The summed E-state index contributed by atoms with van der Waals surface area (Å²) in [4.78, 5) is 30.8. The molecule has 0 aliphatic heterocycles. The zero-order chi connectivity index (χ0) is 22.2. The number of hydrogen-bond acceptors (Lipinski definition) is 3. The maximum Gasteiger partial charge on any atom is 0.322 e. The highest BCUT2D eigenvalue weighted by molar-refractivity contribution is 7.09. The van der Waals surface area contributed by atoms with Crippen molar-refractivity contribution >= 4 is 29.0 Å². The lowest BCUT2D eigenvalue weighted by molar-refractivity contribution is -0.133. The Morgan fingerprint density at radius 3 is 2.39 bits per heavy atom. The molecule has 3 rings (SSSR count). The number of anilines is 1. The van der Waals surface area contributed by atoms with Gasteiger partial charge in [-0.3, -0.25) is 4.79 Å². The monoisotopic (exact) mass is 435 g/mol. The van der Waals surface area contributed by atoms with Crippen molar-refractivity contribution in [3.05, 3.63) is 88.1 Å². The Labute approximate surface area is 188 Å². The topological polar surface area (TPSA) is 52.7 Å². The van der Waals surface area contributed by atoms with Gasteiger partial charge in [-0.05, 0) is 55.5 Å². The van der Waals surface area contributed by atoms with Gasteiger partial charge in [0, 0.05) is 23.2 Å². The molecule has 6 heteroatoms. The molecule has 0 spiro atoms. The zero-order valence-electron chi connectivity index (χ0n) is 18.2. The third kappa shape index (κ3) is 6.69. The maximum absolute atomic E-state index is 13.3. The van der Waals surface area contributed by atoms with Gasteiger partial charge in [0.2, 0.25) is 5.91 Å². The van der Waals surface area contributed by atoms with E-state index in [2.05, 4.69) is 5.32 Å². The molecule has 0 aliphatic carbocycles. The van der Waals surface area contributed by atoms with E-state index >= 15 is 0 Å². The Bertz CT molecular complexity index is 987. The van der Waals surface area contributed by atoms with Crippen molar-refractivity contribution < 1.29 is 9.59 Å². The molecular formula is C25H29N3O2S. The number of urea groups is 1. The number of thiophene rings is 1. The van der Waals surface area contributed by atoms with E-state index in [0.717, 1.165) is 21.7 Å². The summed E-state index contributed by atoms with van der Waals surface area (Å²) in [5.41, 5.74) is 2.85. The molecule has 31 heavy (non-hydrogen) atoms. The minimum Gasteiger partial charge on any atom is -0.332 e. The van der Waals surface area contributed by atoms with E-state index in [1.54, 1.807) is 16.2 Å². The van der Waals surface area contributed by atoms with E-state index in [1.807, 2.05) is 97.8 Å². The quantitative estimate of drug-likeness (QED) is 0.506. The minimum atomic E-state index is -0.273. The number of carbonyl (C=O) groups is 2. The first kappa shape index (κ1) is 22.6. The smallest absolute Gasteiger partial charge is 0.322 e. The number of amides is 3. The standard InChI is InChI=1S/C25H29N3O2S/c1-19(2)28(25(30)26-22-12-7-9-20(3)15-22)18-24(29)27(17-23-13-8-14-31-23)16-21-10-5-4-6-11-21/h4-15,19H,16-18H2,1-3H3,(H,26,30). The van der Waals surface area contributed by atoms with Gasteiger partial charge in [-0.25, -0.2) is 4.79 Å². The van der Waals surface area contributed by atoms with Gasteiger partial charge in [0.1, 0.15) is 6.54 Å². The first-order valence-corrected chi connectivity index (χ1v) is 11.3. The van der Waals surface area contributed by atoms with Crippen molar-refractivity contribution in [1.82, 2.24) is 9.80 Å². The van der Waals surface area contributed by atoms with E-state index in [0.29, 0.717) is 13.1 Å². The minimum absolute atomic E-state index is 0.0214. The first-order chi connectivity index (χ1) is 14.9. The molecule has 1 N–H and O–H groups in total. The van der Waals surface area contributed by atoms with Gasteiger partial charge in [0.05, 0.1) is 6.54 Å². The van der Waals surface area contributed by atoms with E-state index in [1.165, 1.54) is 0 Å². The summed E-state index contributed by atoms with van der Waals surface area (Å²) in [6.45, 7) is 6.87. The summed E-state index contributed by atoms with van der Waals surface area (Å²) in [6, 6.07) is 21.2. The molecule has 0 aliphatic rings. The predicted octanol–water partition coefficient (Wildman–Crippen LogP) is 5.53. The van der Waals surface area contributed by atoms with Gasteiger partial charge in [0.25, 0.3) is 0 Å². The molecule has 2 aromatic carbocycles. The lowest BCUT2D eigenvalue weighted by Crippen LogP contribution is -2.47. The summed E-state index contributed by atoms with van der Waals surface area (Å²) in [5.74, 6) is -0.0784. The highest BCUT2D eigenvalue weighted by Gasteiger charge is 2.24. The van der Waals surface area contributed by atoms with Gasteiger partial charge < -0.3 is 15.1 Å². The lowest BCUT2D eigenvalue weighted by atomic mass is 10.2. The molecule has 0 saturated heterocycles. The molecule has 1 aromatic heterocycles. The first-order valence-electron chi connectivity index (χ1n) is 10.4. The van der Waals surface area contributed by atoms with Crippen LogP contribution in [0.5, 0.6) is 0 Å². The SMILES string of the molecule is Cc1cccc(NC(=O)N(CC(=O)N(Cc2ccccc2)Cc2cccs2)C(C)C)c1. The van der Waals surface area contributed by atoms with Gasteiger partial charge in [-0.1, -0.05) is 48.5 Å². The molecule has 3 aromatic rings. The molecule has 0 unspecified atom stereocenters. The van der Waals surface area contributed by atoms with E-state index in [-0.39, 0.29) is 24.5 Å². The fourth-order valence-electron chi connectivity index (χ4n) is 3.28. The molecule has 0 radical (unpaired) electrons. The van der Waals surface area contributed by atoms with Crippen LogP contribution in [-0.2, 0) is 17.9 Å². The average molecular weight is 436 g/mol. The van der Waals surface area contributed by atoms with Crippen LogP contribution in [0.2, 0.25) is 0 Å². The zero-order valence-corrected chi connectivity index (χ0v) is 19.1. The molecule has 3 amide bonds. The number of rotatable bonds is 8. The van der Waals surface area contributed by atoms with Crippen LogP contribution in [0.3, 0.4) is 0 Å². The van der Waals surface area contributed by atoms with Gasteiger partial charge >= 0.3 is 6.03 Å². The molecule has 162 valence electrons. The van der Waals surface area contributed by atoms with Crippen LogP contribution in [0.25, 0.3) is 0 Å². The Kier molecular flexibility index (Phi) is 7.84. The maximum atomic E-state index is 13.3. The Morgan fingerprint density at radius 1 is 0.968 bits per heavy atom. The van der Waals surface area contributed by atoms with Gasteiger partial charge in [0.15, 0.2) is 0 Å². The highest BCUT2D eigenvalue weighted by Crippen LogP contribution is 2.16. The summed E-state index contributed by atoms with van der Waals surface area (Å²) in [5, 5.41) is 4.93. The number of aryl methyl sites for hydroxylation is 1. The molecule has 0 atom stereocenters. The molecule has 5 nitrogen and oxygen atoms in total. The Balaban J connectivity index is 1.73. The van der Waals surface area contributed by atoms with Crippen molar-refractivity contribution in [2.45, 2.75) is 39.9 Å². The number of benzene rings is 2. The number of nitrogens with one attached hydrogen (secondary N) is 1. The van der Waals surface area contributed by atoms with Crippen LogP contribution < -0.4 is 5.32 Å². The number of nitrogens with zero attached hydrogens (tertiary/aromatic N) is 2. The second-order valence-electron chi connectivity index (χ2n) is 7.84. The second kappa shape index (κ2) is 10.8. The largest absolute Gasteiger partial charge is 0.332 e. The van der Waals surface area contributed by atoms with E-state index < -0.39 is 0 Å². The van der Waals surface area contributed by atoms with Crippen molar-refractivity contribution in [2.24, 2.45) is 0 Å². The fraction of sp³-hybridized carbons (Fsp3) is 0.280. The van der Waals surface area contributed by atoms with Gasteiger partial charge in [-0.2, -0.15) is 0 Å². The third-order valence-corrected chi connectivity index (χ3v) is 5.82. The Hall–Kier alpha value is -3.12. The summed E-state index contributed by atoms with van der Waals surface area (Å²) >= 11 is 1.63. The van der Waals surface area contributed by atoms with Crippen LogP contribution >= 0.6 is 11.3 Å². The van der Waals surface area contributed by atoms with Crippen molar-refractivity contribution in [2.75, 3.05) is 11.9 Å². The number of carbonyl (C=O) groups excluding carboxylic acids is 2. The second-order valence-corrected chi connectivity index (χ2v) is 8.87. The normalized spacial score (nSPS) is 10.7. The van der Waals surface area contributed by atoms with Gasteiger partial charge in [-0.15, -0.1) is 11.3 Å². The van der Waals surface area contributed by atoms with Crippen LogP contribution in [0.4, 0.5) is 10.5 Å². The van der Waals surface area contributed by atoms with E-state index in [9.17, 15) is 9.59 Å². The molecular weight excluding hydrogens is 406 g/mol. The average Bonchev–Trinajstić information content (AvgIpc) is 3.25.